The number of aryl methyl sites for hydroxylation is 1. The first-order chi connectivity index (χ1) is 6.97. The van der Waals surface area contributed by atoms with Crippen molar-refractivity contribution in [2.45, 2.75) is 25.2 Å². The van der Waals surface area contributed by atoms with E-state index in [1.54, 1.807) is 13.0 Å². The average Bonchev–Trinajstić information content (AvgIpc) is 2.92. The minimum Gasteiger partial charge on any atom is -0.508 e. The molecular weight excluding hydrogens is 216 g/mol. The second-order valence-corrected chi connectivity index (χ2v) is 4.41. The smallest absolute Gasteiger partial charge is 0.314 e. The van der Waals surface area contributed by atoms with Gasteiger partial charge in [-0.3, -0.25) is 4.79 Å². The van der Waals surface area contributed by atoms with Crippen LogP contribution >= 0.6 is 11.6 Å². The second kappa shape index (κ2) is 3.14. The van der Waals surface area contributed by atoms with Crippen LogP contribution in [0.5, 0.6) is 5.75 Å². The van der Waals surface area contributed by atoms with E-state index >= 15 is 0 Å². The summed E-state index contributed by atoms with van der Waals surface area (Å²) < 4.78 is 0. The Bertz CT molecular complexity index is 436. The van der Waals surface area contributed by atoms with E-state index in [1.807, 2.05) is 0 Å². The number of rotatable bonds is 2. The number of carbonyl (C=O) groups is 1. The van der Waals surface area contributed by atoms with Crippen LogP contribution in [-0.4, -0.2) is 16.2 Å². The van der Waals surface area contributed by atoms with Gasteiger partial charge in [0.05, 0.1) is 5.41 Å². The van der Waals surface area contributed by atoms with Gasteiger partial charge in [0.1, 0.15) is 5.75 Å². The number of benzene rings is 1. The number of hydrogen-bond donors (Lipinski definition) is 2. The van der Waals surface area contributed by atoms with E-state index in [9.17, 15) is 9.90 Å². The molecular formula is C11H11ClO3. The van der Waals surface area contributed by atoms with Crippen molar-refractivity contribution < 1.29 is 15.0 Å². The summed E-state index contributed by atoms with van der Waals surface area (Å²) in [5.41, 5.74) is 0.284. The van der Waals surface area contributed by atoms with Crippen molar-refractivity contribution in [2.24, 2.45) is 0 Å². The molecule has 0 saturated heterocycles. The number of phenolic OH excluding ortho intramolecular Hbond substituents is 1. The fourth-order valence-corrected chi connectivity index (χ4v) is 1.94. The third-order valence-corrected chi connectivity index (χ3v) is 3.36. The number of phenols is 1. The summed E-state index contributed by atoms with van der Waals surface area (Å²) >= 11 is 5.92. The molecule has 0 bridgehead atoms. The van der Waals surface area contributed by atoms with Crippen molar-refractivity contribution in [1.29, 1.82) is 0 Å². The molecule has 0 atom stereocenters. The van der Waals surface area contributed by atoms with Crippen molar-refractivity contribution in [3.8, 4) is 5.75 Å². The summed E-state index contributed by atoms with van der Waals surface area (Å²) in [6.45, 7) is 1.77. The van der Waals surface area contributed by atoms with Gasteiger partial charge in [0, 0.05) is 10.6 Å². The number of carboxylic acids is 1. The van der Waals surface area contributed by atoms with Gasteiger partial charge in [-0.2, -0.15) is 0 Å². The van der Waals surface area contributed by atoms with Gasteiger partial charge in [0.25, 0.3) is 0 Å². The Morgan fingerprint density at radius 2 is 2.07 bits per heavy atom. The molecule has 0 spiro atoms. The summed E-state index contributed by atoms with van der Waals surface area (Å²) in [6.07, 6.45) is 1.13. The summed E-state index contributed by atoms with van der Waals surface area (Å²) in [7, 11) is 0. The summed E-state index contributed by atoms with van der Waals surface area (Å²) in [5.74, 6) is -0.866. The lowest BCUT2D eigenvalue weighted by Crippen LogP contribution is -2.19. The first kappa shape index (κ1) is 10.3. The molecule has 0 aromatic heterocycles. The zero-order chi connectivity index (χ0) is 11.2. The minimum atomic E-state index is -0.901. The fourth-order valence-electron chi connectivity index (χ4n) is 1.77. The van der Waals surface area contributed by atoms with Gasteiger partial charge in [0.2, 0.25) is 0 Å². The van der Waals surface area contributed by atoms with E-state index in [0.717, 1.165) is 5.56 Å². The normalized spacial score (nSPS) is 17.5. The van der Waals surface area contributed by atoms with Crippen LogP contribution in [0.15, 0.2) is 12.1 Å². The van der Waals surface area contributed by atoms with E-state index < -0.39 is 11.4 Å². The van der Waals surface area contributed by atoms with Crippen molar-refractivity contribution in [2.75, 3.05) is 0 Å². The van der Waals surface area contributed by atoms with Crippen molar-refractivity contribution >= 4 is 17.6 Å². The summed E-state index contributed by atoms with van der Waals surface area (Å²) in [4.78, 5) is 11.1. The van der Waals surface area contributed by atoms with Gasteiger partial charge < -0.3 is 10.2 Å². The van der Waals surface area contributed by atoms with E-state index in [4.69, 9.17) is 16.7 Å². The average molecular weight is 227 g/mol. The van der Waals surface area contributed by atoms with Crippen LogP contribution in [0.3, 0.4) is 0 Å². The molecule has 1 aromatic rings. The SMILES string of the molecule is Cc1cc(O)c(C2(C(=O)O)CC2)cc1Cl. The highest BCUT2D eigenvalue weighted by Crippen LogP contribution is 2.52. The molecule has 80 valence electrons. The number of carboxylic acid groups (broad SMARTS) is 1. The fraction of sp³-hybridized carbons (Fsp3) is 0.364. The van der Waals surface area contributed by atoms with E-state index in [1.165, 1.54) is 6.07 Å². The number of aromatic hydroxyl groups is 1. The molecule has 15 heavy (non-hydrogen) atoms. The number of aliphatic carboxylic acids is 1. The van der Waals surface area contributed by atoms with Gasteiger partial charge >= 0.3 is 5.97 Å². The molecule has 1 aliphatic rings. The monoisotopic (exact) mass is 226 g/mol. The van der Waals surface area contributed by atoms with E-state index in [-0.39, 0.29) is 5.75 Å². The molecule has 2 N–H and O–H groups in total. The highest BCUT2D eigenvalue weighted by Gasteiger charge is 2.53. The number of hydrogen-bond acceptors (Lipinski definition) is 2. The molecule has 3 nitrogen and oxygen atoms in total. The maximum Gasteiger partial charge on any atom is 0.314 e. The van der Waals surface area contributed by atoms with E-state index in [0.29, 0.717) is 23.4 Å². The Morgan fingerprint density at radius 1 is 1.47 bits per heavy atom. The van der Waals surface area contributed by atoms with Crippen LogP contribution in [0, 0.1) is 6.92 Å². The Balaban J connectivity index is 2.54. The predicted octanol–water partition coefficient (Wildman–Crippen LogP) is 2.47. The highest BCUT2D eigenvalue weighted by atomic mass is 35.5. The first-order valence-corrected chi connectivity index (χ1v) is 5.08. The molecule has 1 saturated carbocycles. The van der Waals surface area contributed by atoms with Gasteiger partial charge in [-0.05, 0) is 37.5 Å². The highest BCUT2D eigenvalue weighted by molar-refractivity contribution is 6.31. The lowest BCUT2D eigenvalue weighted by molar-refractivity contribution is -0.140. The van der Waals surface area contributed by atoms with Crippen LogP contribution in [0.25, 0.3) is 0 Å². The quantitative estimate of drug-likeness (QED) is 0.815. The standard InChI is InChI=1S/C11H11ClO3/c1-6-4-9(13)7(5-8(6)12)11(2-3-11)10(14)15/h4-5,13H,2-3H2,1H3,(H,14,15). The topological polar surface area (TPSA) is 57.5 Å². The van der Waals surface area contributed by atoms with Gasteiger partial charge in [-0.25, -0.2) is 0 Å². The van der Waals surface area contributed by atoms with Crippen molar-refractivity contribution in [1.82, 2.24) is 0 Å². The van der Waals surface area contributed by atoms with Gasteiger partial charge in [0.15, 0.2) is 0 Å². The molecule has 0 heterocycles. The first-order valence-electron chi connectivity index (χ1n) is 4.70. The molecule has 1 fully saturated rings. The van der Waals surface area contributed by atoms with E-state index in [2.05, 4.69) is 0 Å². The van der Waals surface area contributed by atoms with Crippen LogP contribution in [0.1, 0.15) is 24.0 Å². The molecule has 0 aliphatic heterocycles. The summed E-state index contributed by atoms with van der Waals surface area (Å²) in [6, 6.07) is 3.08. The minimum absolute atomic E-state index is 0.0248. The molecule has 2 rings (SSSR count). The molecule has 0 amide bonds. The maximum absolute atomic E-state index is 11.1. The van der Waals surface area contributed by atoms with Crippen LogP contribution in [0.4, 0.5) is 0 Å². The lowest BCUT2D eigenvalue weighted by atomic mass is 9.94. The Labute approximate surface area is 92.3 Å². The second-order valence-electron chi connectivity index (χ2n) is 4.01. The molecule has 1 aliphatic carbocycles. The lowest BCUT2D eigenvalue weighted by Gasteiger charge is -2.13. The molecule has 4 heteroatoms. The molecule has 0 radical (unpaired) electrons. The summed E-state index contributed by atoms with van der Waals surface area (Å²) in [5, 5.41) is 19.3. The van der Waals surface area contributed by atoms with Crippen LogP contribution in [0.2, 0.25) is 5.02 Å². The van der Waals surface area contributed by atoms with Crippen molar-refractivity contribution in [3.63, 3.8) is 0 Å². The third-order valence-electron chi connectivity index (χ3n) is 2.95. The third kappa shape index (κ3) is 1.47. The Kier molecular flexibility index (Phi) is 2.15. The van der Waals surface area contributed by atoms with Crippen LogP contribution < -0.4 is 0 Å². The zero-order valence-electron chi connectivity index (χ0n) is 8.25. The Hall–Kier alpha value is -1.22. The van der Waals surface area contributed by atoms with Crippen LogP contribution in [-0.2, 0) is 10.2 Å². The number of halogens is 1. The molecule has 1 aromatic carbocycles. The maximum atomic E-state index is 11.1. The molecule has 0 unspecified atom stereocenters. The zero-order valence-corrected chi connectivity index (χ0v) is 9.01. The van der Waals surface area contributed by atoms with Gasteiger partial charge in [-0.1, -0.05) is 11.6 Å². The largest absolute Gasteiger partial charge is 0.508 e. The van der Waals surface area contributed by atoms with Gasteiger partial charge in [-0.15, -0.1) is 0 Å². The van der Waals surface area contributed by atoms with Crippen molar-refractivity contribution in [3.05, 3.63) is 28.3 Å². The predicted molar refractivity (Wildman–Crippen MR) is 56.4 cm³/mol. The Morgan fingerprint density at radius 3 is 2.53 bits per heavy atom.